The molecular weight excluding hydrogens is 286 g/mol. The van der Waals surface area contributed by atoms with Crippen LogP contribution in [0.1, 0.15) is 57.8 Å². The van der Waals surface area contributed by atoms with Crippen LogP contribution in [-0.2, 0) is 14.3 Å². The van der Waals surface area contributed by atoms with E-state index in [0.29, 0.717) is 25.8 Å². The minimum Gasteiger partial charge on any atom is -0.469 e. The zero-order chi connectivity index (χ0) is 16.4. The van der Waals surface area contributed by atoms with Gasteiger partial charge in [0.25, 0.3) is 0 Å². The average molecular weight is 315 g/mol. The maximum atomic E-state index is 12.1. The van der Waals surface area contributed by atoms with E-state index in [0.717, 1.165) is 38.5 Å². The van der Waals surface area contributed by atoms with Crippen LogP contribution >= 0.6 is 0 Å². The summed E-state index contributed by atoms with van der Waals surface area (Å²) in [5.74, 6) is -0.127. The van der Waals surface area contributed by atoms with Gasteiger partial charge in [-0.15, -0.1) is 0 Å². The number of esters is 1. The molecule has 0 unspecified atom stereocenters. The number of aliphatic hydroxyl groups is 2. The molecule has 1 rings (SSSR count). The van der Waals surface area contributed by atoms with E-state index in [1.165, 1.54) is 7.11 Å². The third-order valence-corrected chi connectivity index (χ3v) is 4.17. The Hall–Kier alpha value is -1.14. The molecule has 1 aliphatic heterocycles. The van der Waals surface area contributed by atoms with Crippen LogP contribution in [0.5, 0.6) is 0 Å². The molecular formula is C16H29NO5. The first-order valence-corrected chi connectivity index (χ1v) is 8.23. The Balaban J connectivity index is 2.02. The number of unbranched alkanes of at least 4 members (excludes halogenated alkanes) is 5. The maximum Gasteiger partial charge on any atom is 0.305 e. The molecule has 2 atom stereocenters. The summed E-state index contributed by atoms with van der Waals surface area (Å²) >= 11 is 0. The van der Waals surface area contributed by atoms with Crippen molar-refractivity contribution in [1.82, 2.24) is 4.90 Å². The molecule has 1 amide bonds. The molecule has 0 aliphatic carbocycles. The molecule has 0 saturated carbocycles. The minimum absolute atomic E-state index is 0.0290. The van der Waals surface area contributed by atoms with Gasteiger partial charge in [0.1, 0.15) is 0 Å². The molecule has 0 spiro atoms. The Morgan fingerprint density at radius 1 is 1.09 bits per heavy atom. The monoisotopic (exact) mass is 315 g/mol. The number of β-amino-alcohol motifs (C(OH)–C–C–N with tert-alkyl or cyclic N) is 1. The number of carbonyl (C=O) groups is 2. The van der Waals surface area contributed by atoms with E-state index in [2.05, 4.69) is 4.74 Å². The van der Waals surface area contributed by atoms with Crippen LogP contribution in [0.3, 0.4) is 0 Å². The summed E-state index contributed by atoms with van der Waals surface area (Å²) in [6.07, 6.45) is 6.74. The SMILES string of the molecule is COC(=O)CCCCCCCCC(=O)N1C[C@H](O)C[C@H]1CO. The molecule has 2 N–H and O–H groups in total. The molecule has 1 heterocycles. The Bertz CT molecular complexity index is 347. The Labute approximate surface area is 132 Å². The van der Waals surface area contributed by atoms with Crippen LogP contribution in [0.15, 0.2) is 0 Å². The lowest BCUT2D eigenvalue weighted by atomic mass is 10.1. The van der Waals surface area contributed by atoms with Crippen LogP contribution in [0.25, 0.3) is 0 Å². The summed E-state index contributed by atoms with van der Waals surface area (Å²) in [5, 5.41) is 18.8. The molecule has 0 aromatic heterocycles. The number of likely N-dealkylation sites (tertiary alicyclic amines) is 1. The van der Waals surface area contributed by atoms with Crippen molar-refractivity contribution in [1.29, 1.82) is 0 Å². The summed E-state index contributed by atoms with van der Waals surface area (Å²) < 4.78 is 4.58. The number of hydrogen-bond donors (Lipinski definition) is 2. The van der Waals surface area contributed by atoms with Crippen LogP contribution in [0.2, 0.25) is 0 Å². The van der Waals surface area contributed by atoms with Gasteiger partial charge in [0.15, 0.2) is 0 Å². The van der Waals surface area contributed by atoms with Crippen LogP contribution < -0.4 is 0 Å². The van der Waals surface area contributed by atoms with Crippen LogP contribution in [0, 0.1) is 0 Å². The fraction of sp³-hybridized carbons (Fsp3) is 0.875. The van der Waals surface area contributed by atoms with E-state index in [1.807, 2.05) is 0 Å². The number of aliphatic hydroxyl groups excluding tert-OH is 2. The van der Waals surface area contributed by atoms with E-state index in [-0.39, 0.29) is 24.5 Å². The zero-order valence-corrected chi connectivity index (χ0v) is 13.5. The molecule has 6 heteroatoms. The number of hydrogen-bond acceptors (Lipinski definition) is 5. The normalized spacial score (nSPS) is 21.1. The van der Waals surface area contributed by atoms with Gasteiger partial charge in [-0.25, -0.2) is 0 Å². The number of ether oxygens (including phenoxy) is 1. The highest BCUT2D eigenvalue weighted by Crippen LogP contribution is 2.19. The van der Waals surface area contributed by atoms with Gasteiger partial charge in [0, 0.05) is 19.4 Å². The van der Waals surface area contributed by atoms with Gasteiger partial charge < -0.3 is 19.8 Å². The molecule has 6 nitrogen and oxygen atoms in total. The smallest absolute Gasteiger partial charge is 0.305 e. The molecule has 1 aliphatic rings. The lowest BCUT2D eigenvalue weighted by molar-refractivity contribution is -0.140. The summed E-state index contributed by atoms with van der Waals surface area (Å²) in [6.45, 7) is 0.264. The van der Waals surface area contributed by atoms with Crippen molar-refractivity contribution in [3.63, 3.8) is 0 Å². The third-order valence-electron chi connectivity index (χ3n) is 4.17. The van der Waals surface area contributed by atoms with Gasteiger partial charge in [-0.2, -0.15) is 0 Å². The maximum absolute atomic E-state index is 12.1. The van der Waals surface area contributed by atoms with Gasteiger partial charge in [-0.3, -0.25) is 9.59 Å². The minimum atomic E-state index is -0.504. The van der Waals surface area contributed by atoms with Crippen molar-refractivity contribution < 1.29 is 24.5 Å². The number of amides is 1. The second-order valence-electron chi connectivity index (χ2n) is 5.97. The van der Waals surface area contributed by atoms with E-state index >= 15 is 0 Å². The number of nitrogens with zero attached hydrogens (tertiary/aromatic N) is 1. The number of methoxy groups -OCH3 is 1. The van der Waals surface area contributed by atoms with Crippen molar-refractivity contribution in [2.75, 3.05) is 20.3 Å². The number of rotatable bonds is 10. The molecule has 1 saturated heterocycles. The Morgan fingerprint density at radius 2 is 1.68 bits per heavy atom. The summed E-state index contributed by atoms with van der Waals surface area (Å²) in [7, 11) is 1.40. The van der Waals surface area contributed by atoms with E-state index in [9.17, 15) is 19.8 Å². The fourth-order valence-electron chi connectivity index (χ4n) is 2.87. The second kappa shape index (κ2) is 10.6. The summed E-state index contributed by atoms with van der Waals surface area (Å²) in [4.78, 5) is 24.6. The lowest BCUT2D eigenvalue weighted by Crippen LogP contribution is -2.37. The highest BCUT2D eigenvalue weighted by Gasteiger charge is 2.33. The van der Waals surface area contributed by atoms with Crippen molar-refractivity contribution >= 4 is 11.9 Å². The van der Waals surface area contributed by atoms with Gasteiger partial charge >= 0.3 is 5.97 Å². The topological polar surface area (TPSA) is 87.1 Å². The molecule has 22 heavy (non-hydrogen) atoms. The van der Waals surface area contributed by atoms with E-state index in [1.54, 1.807) is 4.90 Å². The highest BCUT2D eigenvalue weighted by molar-refractivity contribution is 5.76. The Morgan fingerprint density at radius 3 is 2.27 bits per heavy atom. The second-order valence-corrected chi connectivity index (χ2v) is 5.97. The van der Waals surface area contributed by atoms with Gasteiger partial charge in [0.2, 0.25) is 5.91 Å². The molecule has 0 radical (unpaired) electrons. The molecule has 0 aromatic rings. The van der Waals surface area contributed by atoms with Crippen molar-refractivity contribution in [2.45, 2.75) is 69.9 Å². The predicted molar refractivity (Wildman–Crippen MR) is 82.2 cm³/mol. The van der Waals surface area contributed by atoms with Crippen LogP contribution in [-0.4, -0.2) is 59.4 Å². The molecule has 0 aromatic carbocycles. The third kappa shape index (κ3) is 6.75. The largest absolute Gasteiger partial charge is 0.469 e. The molecule has 0 bridgehead atoms. The molecule has 1 fully saturated rings. The van der Waals surface area contributed by atoms with Crippen molar-refractivity contribution in [3.05, 3.63) is 0 Å². The van der Waals surface area contributed by atoms with Gasteiger partial charge in [-0.05, 0) is 19.3 Å². The first kappa shape index (κ1) is 18.9. The average Bonchev–Trinajstić information content (AvgIpc) is 2.90. The lowest BCUT2D eigenvalue weighted by Gasteiger charge is -2.22. The van der Waals surface area contributed by atoms with E-state index in [4.69, 9.17) is 0 Å². The van der Waals surface area contributed by atoms with E-state index < -0.39 is 6.10 Å². The van der Waals surface area contributed by atoms with Crippen molar-refractivity contribution in [2.24, 2.45) is 0 Å². The molecule has 128 valence electrons. The summed E-state index contributed by atoms with van der Waals surface area (Å²) in [5.41, 5.74) is 0. The van der Waals surface area contributed by atoms with Crippen LogP contribution in [0.4, 0.5) is 0 Å². The van der Waals surface area contributed by atoms with Gasteiger partial charge in [0.05, 0.1) is 25.9 Å². The summed E-state index contributed by atoms with van der Waals surface area (Å²) in [6, 6.07) is -0.221. The Kier molecular flexibility index (Phi) is 9.08. The first-order valence-electron chi connectivity index (χ1n) is 8.23. The fourth-order valence-corrected chi connectivity index (χ4v) is 2.87. The number of carbonyl (C=O) groups excluding carboxylic acids is 2. The van der Waals surface area contributed by atoms with Gasteiger partial charge in [-0.1, -0.05) is 25.7 Å². The predicted octanol–water partition coefficient (Wildman–Crippen LogP) is 1.23. The highest BCUT2D eigenvalue weighted by atomic mass is 16.5. The van der Waals surface area contributed by atoms with Crippen molar-refractivity contribution in [3.8, 4) is 0 Å². The standard InChI is InChI=1S/C16H29NO5/c1-22-16(21)9-7-5-3-2-4-6-8-15(20)17-11-14(19)10-13(17)12-18/h13-14,18-19H,2-12H2,1H3/t13-,14+/m0/s1. The quantitative estimate of drug-likeness (QED) is 0.468. The first-order chi connectivity index (χ1) is 10.6. The zero-order valence-electron chi connectivity index (χ0n) is 13.5.